The van der Waals surface area contributed by atoms with Crippen LogP contribution in [0.15, 0.2) is 47.6 Å². The Bertz CT molecular complexity index is 622. The molecule has 0 unspecified atom stereocenters. The number of nitriles is 1. The van der Waals surface area contributed by atoms with E-state index in [2.05, 4.69) is 17.5 Å². The molecule has 0 spiro atoms. The SMILES string of the molecule is N#C/C(=C/C(=C=N)C(=O)Nc1ccccc1)C(N)=S. The van der Waals surface area contributed by atoms with Crippen molar-refractivity contribution in [3.8, 4) is 6.07 Å². The Morgan fingerprint density at radius 1 is 1.42 bits per heavy atom. The van der Waals surface area contributed by atoms with Crippen molar-refractivity contribution in [2.24, 2.45) is 5.73 Å². The number of nitrogens with one attached hydrogen (secondary N) is 2. The van der Waals surface area contributed by atoms with Crippen LogP contribution < -0.4 is 11.1 Å². The quantitative estimate of drug-likeness (QED) is 0.254. The molecule has 0 heterocycles. The largest absolute Gasteiger partial charge is 0.389 e. The number of anilines is 1. The fourth-order valence-electron chi connectivity index (χ4n) is 1.18. The molecule has 1 rings (SSSR count). The highest BCUT2D eigenvalue weighted by Crippen LogP contribution is 2.08. The van der Waals surface area contributed by atoms with Gasteiger partial charge in [-0.2, -0.15) is 5.26 Å². The number of nitrogens with two attached hydrogens (primary N) is 1. The Morgan fingerprint density at radius 3 is 2.53 bits per heavy atom. The summed E-state index contributed by atoms with van der Waals surface area (Å²) in [7, 11) is 0. The first-order chi connectivity index (χ1) is 9.08. The number of para-hydroxylation sites is 1. The van der Waals surface area contributed by atoms with Gasteiger partial charge >= 0.3 is 0 Å². The predicted octanol–water partition coefficient (Wildman–Crippen LogP) is 1.54. The summed E-state index contributed by atoms with van der Waals surface area (Å²) in [5, 5.41) is 18.4. The molecule has 4 N–H and O–H groups in total. The third-order valence-electron chi connectivity index (χ3n) is 2.09. The molecule has 0 aliphatic heterocycles. The highest BCUT2D eigenvalue weighted by atomic mass is 32.1. The summed E-state index contributed by atoms with van der Waals surface area (Å²) in [6.07, 6.45) is 1.13. The monoisotopic (exact) mass is 270 g/mol. The van der Waals surface area contributed by atoms with Crippen molar-refractivity contribution in [2.75, 3.05) is 5.32 Å². The normalized spacial score (nSPS) is 9.95. The number of carbonyl (C=O) groups is 1. The summed E-state index contributed by atoms with van der Waals surface area (Å²) in [4.78, 5) is 11.7. The molecular formula is C13H10N4OS. The Labute approximate surface area is 115 Å². The molecule has 0 bridgehead atoms. The topological polar surface area (TPSA) is 103 Å². The zero-order valence-electron chi connectivity index (χ0n) is 9.81. The number of thiocarbonyl (C=S) groups is 1. The molecule has 0 aliphatic rings. The fraction of sp³-hybridized carbons (Fsp3) is 0. The molecule has 0 fully saturated rings. The van der Waals surface area contributed by atoms with Crippen molar-refractivity contribution >= 4 is 34.7 Å². The van der Waals surface area contributed by atoms with Gasteiger partial charge in [0, 0.05) is 5.69 Å². The summed E-state index contributed by atoms with van der Waals surface area (Å²) in [5.41, 5.74) is 5.70. The molecule has 1 aromatic carbocycles. The van der Waals surface area contributed by atoms with Crippen LogP contribution in [0.3, 0.4) is 0 Å². The molecule has 6 heteroatoms. The molecule has 1 amide bonds. The average molecular weight is 270 g/mol. The number of hydrogen-bond donors (Lipinski definition) is 3. The average Bonchev–Trinajstić information content (AvgIpc) is 2.40. The third-order valence-corrected chi connectivity index (χ3v) is 2.31. The van der Waals surface area contributed by atoms with E-state index in [1.54, 1.807) is 30.3 Å². The molecule has 0 aliphatic carbocycles. The summed E-state index contributed by atoms with van der Waals surface area (Å²) in [6, 6.07) is 10.5. The van der Waals surface area contributed by atoms with Gasteiger partial charge in [-0.15, -0.1) is 0 Å². The maximum absolute atomic E-state index is 11.8. The number of amides is 1. The lowest BCUT2D eigenvalue weighted by Crippen LogP contribution is -2.16. The Morgan fingerprint density at radius 2 is 2.05 bits per heavy atom. The Kier molecular flexibility index (Phi) is 5.17. The second-order valence-electron chi connectivity index (χ2n) is 3.39. The molecule has 0 atom stereocenters. The second-order valence-corrected chi connectivity index (χ2v) is 3.83. The van der Waals surface area contributed by atoms with Gasteiger partial charge < -0.3 is 11.1 Å². The van der Waals surface area contributed by atoms with Crippen LogP contribution in [0.5, 0.6) is 0 Å². The lowest BCUT2D eigenvalue weighted by atomic mass is 10.1. The molecule has 0 saturated carbocycles. The van der Waals surface area contributed by atoms with Crippen molar-refractivity contribution in [1.29, 1.82) is 10.7 Å². The smallest absolute Gasteiger partial charge is 0.265 e. The number of rotatable bonds is 4. The van der Waals surface area contributed by atoms with Crippen LogP contribution in [0.25, 0.3) is 0 Å². The maximum Gasteiger partial charge on any atom is 0.265 e. The fourth-order valence-corrected chi connectivity index (χ4v) is 1.29. The summed E-state index contributed by atoms with van der Waals surface area (Å²) >= 11 is 4.65. The standard InChI is InChI=1S/C13H10N4OS/c14-7-9(12(16)19)6-10(8-15)13(18)17-11-4-2-1-3-5-11/h1-6,15H,(H2,16,19)(H,17,18)/b9-6-. The minimum absolute atomic E-state index is 0.0482. The summed E-state index contributed by atoms with van der Waals surface area (Å²) < 4.78 is 0. The van der Waals surface area contributed by atoms with E-state index in [-0.39, 0.29) is 16.1 Å². The first-order valence-corrected chi connectivity index (χ1v) is 5.57. The van der Waals surface area contributed by atoms with Gasteiger partial charge in [0.05, 0.1) is 5.57 Å². The van der Waals surface area contributed by atoms with Crippen LogP contribution in [-0.4, -0.2) is 16.8 Å². The van der Waals surface area contributed by atoms with Crippen LogP contribution in [0, 0.1) is 16.7 Å². The lowest BCUT2D eigenvalue weighted by molar-refractivity contribution is -0.112. The molecule has 0 saturated heterocycles. The second kappa shape index (κ2) is 6.87. The van der Waals surface area contributed by atoms with E-state index in [0.29, 0.717) is 5.69 Å². The van der Waals surface area contributed by atoms with Crippen LogP contribution in [0.1, 0.15) is 0 Å². The van der Waals surface area contributed by atoms with Crippen molar-refractivity contribution in [1.82, 2.24) is 0 Å². The third kappa shape index (κ3) is 4.21. The predicted molar refractivity (Wildman–Crippen MR) is 76.8 cm³/mol. The van der Waals surface area contributed by atoms with Gasteiger partial charge in [0.2, 0.25) is 0 Å². The van der Waals surface area contributed by atoms with E-state index in [4.69, 9.17) is 16.4 Å². The zero-order chi connectivity index (χ0) is 14.3. The zero-order valence-corrected chi connectivity index (χ0v) is 10.6. The van der Waals surface area contributed by atoms with Gasteiger partial charge in [-0.3, -0.25) is 10.2 Å². The van der Waals surface area contributed by atoms with Crippen molar-refractivity contribution in [3.05, 3.63) is 47.6 Å². The Balaban J connectivity index is 2.95. The van der Waals surface area contributed by atoms with Crippen LogP contribution in [0.2, 0.25) is 0 Å². The van der Waals surface area contributed by atoms with Crippen molar-refractivity contribution < 1.29 is 4.79 Å². The van der Waals surface area contributed by atoms with Gasteiger partial charge in [-0.05, 0) is 24.1 Å². The lowest BCUT2D eigenvalue weighted by Gasteiger charge is -2.04. The van der Waals surface area contributed by atoms with E-state index in [0.717, 1.165) is 6.08 Å². The van der Waals surface area contributed by atoms with Crippen LogP contribution >= 0.6 is 12.2 Å². The van der Waals surface area contributed by atoms with Gasteiger partial charge in [-0.1, -0.05) is 30.4 Å². The van der Waals surface area contributed by atoms with E-state index >= 15 is 0 Å². The van der Waals surface area contributed by atoms with Crippen molar-refractivity contribution in [3.63, 3.8) is 0 Å². The van der Waals surface area contributed by atoms with Crippen molar-refractivity contribution in [2.45, 2.75) is 0 Å². The Hall–Kier alpha value is -2.74. The minimum Gasteiger partial charge on any atom is -0.389 e. The van der Waals surface area contributed by atoms with E-state index in [1.807, 2.05) is 11.9 Å². The molecule has 1 aromatic rings. The number of hydrogen-bond acceptors (Lipinski definition) is 4. The van der Waals surface area contributed by atoms with Crippen LogP contribution in [-0.2, 0) is 4.79 Å². The van der Waals surface area contributed by atoms with Gasteiger partial charge in [-0.25, -0.2) is 0 Å². The summed E-state index contributed by atoms with van der Waals surface area (Å²) in [6.45, 7) is 0. The molecule has 5 nitrogen and oxygen atoms in total. The highest BCUT2D eigenvalue weighted by molar-refractivity contribution is 7.80. The van der Waals surface area contributed by atoms with E-state index in [9.17, 15) is 4.79 Å². The minimum atomic E-state index is -0.565. The summed E-state index contributed by atoms with van der Waals surface area (Å²) in [5.74, 6) is 1.39. The van der Waals surface area contributed by atoms with Gasteiger partial charge in [0.1, 0.15) is 16.6 Å². The first-order valence-electron chi connectivity index (χ1n) is 5.16. The number of nitrogens with zero attached hydrogens (tertiary/aromatic N) is 1. The molecule has 19 heavy (non-hydrogen) atoms. The number of benzene rings is 1. The molecule has 0 radical (unpaired) electrons. The molecular weight excluding hydrogens is 260 g/mol. The van der Waals surface area contributed by atoms with Gasteiger partial charge in [0.25, 0.3) is 5.91 Å². The first kappa shape index (κ1) is 14.3. The maximum atomic E-state index is 11.8. The highest BCUT2D eigenvalue weighted by Gasteiger charge is 2.10. The van der Waals surface area contributed by atoms with E-state index < -0.39 is 5.91 Å². The molecule has 94 valence electrons. The van der Waals surface area contributed by atoms with Gasteiger partial charge in [0.15, 0.2) is 0 Å². The van der Waals surface area contributed by atoms with E-state index in [1.165, 1.54) is 0 Å². The molecule has 0 aromatic heterocycles. The van der Waals surface area contributed by atoms with Crippen LogP contribution in [0.4, 0.5) is 5.69 Å². The number of carbonyl (C=O) groups excluding carboxylic acids is 1.